The summed E-state index contributed by atoms with van der Waals surface area (Å²) in [6.07, 6.45) is 1.47. The number of carboxylic acids is 1. The van der Waals surface area contributed by atoms with Crippen LogP contribution in [0.5, 0.6) is 5.75 Å². The first-order chi connectivity index (χ1) is 10.0. The van der Waals surface area contributed by atoms with Crippen molar-refractivity contribution in [3.63, 3.8) is 0 Å². The van der Waals surface area contributed by atoms with Crippen molar-refractivity contribution >= 4 is 29.2 Å². The van der Waals surface area contributed by atoms with E-state index in [4.69, 9.17) is 38.3 Å². The summed E-state index contributed by atoms with van der Waals surface area (Å²) in [5, 5.41) is 18.2. The summed E-state index contributed by atoms with van der Waals surface area (Å²) in [5.41, 5.74) is 0.794. The number of nitriles is 1. The van der Waals surface area contributed by atoms with E-state index in [1.165, 1.54) is 18.3 Å². The lowest BCUT2D eigenvalue weighted by atomic mass is 10.2. The second-order valence-corrected chi connectivity index (χ2v) is 4.86. The van der Waals surface area contributed by atoms with Crippen molar-refractivity contribution in [1.29, 1.82) is 5.26 Å². The molecule has 2 aromatic rings. The summed E-state index contributed by atoms with van der Waals surface area (Å²) >= 11 is 11.7. The third-order valence-corrected chi connectivity index (χ3v) is 3.06. The Bertz CT molecular complexity index is 741. The molecule has 1 heterocycles. The molecule has 1 aromatic carbocycles. The minimum Gasteiger partial charge on any atom is -0.486 e. The van der Waals surface area contributed by atoms with Gasteiger partial charge in [0, 0.05) is 11.2 Å². The summed E-state index contributed by atoms with van der Waals surface area (Å²) in [6, 6.07) is 7.78. The van der Waals surface area contributed by atoms with Gasteiger partial charge in [-0.1, -0.05) is 23.2 Å². The molecule has 0 radical (unpaired) electrons. The molecule has 0 spiro atoms. The third-order valence-electron chi connectivity index (χ3n) is 2.56. The first-order valence-electron chi connectivity index (χ1n) is 5.71. The van der Waals surface area contributed by atoms with Gasteiger partial charge in [-0.15, -0.1) is 0 Å². The van der Waals surface area contributed by atoms with Crippen molar-refractivity contribution in [1.82, 2.24) is 4.98 Å². The SMILES string of the molecule is N#Cc1cc(COc2c(Cl)cc(Cl)cc2C(=O)O)ccn1. The Kier molecular flexibility index (Phi) is 4.63. The fourth-order valence-corrected chi connectivity index (χ4v) is 2.19. The summed E-state index contributed by atoms with van der Waals surface area (Å²) in [4.78, 5) is 15.0. The van der Waals surface area contributed by atoms with E-state index in [9.17, 15) is 4.79 Å². The van der Waals surface area contributed by atoms with E-state index in [1.54, 1.807) is 12.1 Å². The highest BCUT2D eigenvalue weighted by Gasteiger charge is 2.16. The van der Waals surface area contributed by atoms with Gasteiger partial charge in [0.2, 0.25) is 0 Å². The van der Waals surface area contributed by atoms with Crippen LogP contribution in [-0.4, -0.2) is 16.1 Å². The number of ether oxygens (including phenoxy) is 1. The molecule has 0 atom stereocenters. The quantitative estimate of drug-likeness (QED) is 0.930. The zero-order chi connectivity index (χ0) is 15.4. The molecule has 5 nitrogen and oxygen atoms in total. The van der Waals surface area contributed by atoms with Crippen molar-refractivity contribution in [2.45, 2.75) is 6.61 Å². The Labute approximate surface area is 130 Å². The van der Waals surface area contributed by atoms with Crippen LogP contribution in [-0.2, 0) is 6.61 Å². The normalized spacial score (nSPS) is 9.95. The number of nitrogens with zero attached hydrogens (tertiary/aromatic N) is 2. The Hall–Kier alpha value is -2.29. The number of carboxylic acid groups (broad SMARTS) is 1. The number of hydrogen-bond donors (Lipinski definition) is 1. The van der Waals surface area contributed by atoms with E-state index in [0.717, 1.165) is 0 Å². The number of hydrogen-bond acceptors (Lipinski definition) is 4. The molecule has 1 aromatic heterocycles. The highest BCUT2D eigenvalue weighted by Crippen LogP contribution is 2.33. The number of rotatable bonds is 4. The monoisotopic (exact) mass is 322 g/mol. The van der Waals surface area contributed by atoms with Gasteiger partial charge in [0.25, 0.3) is 0 Å². The molecule has 106 valence electrons. The molecule has 0 bridgehead atoms. The van der Waals surface area contributed by atoms with Crippen LogP contribution >= 0.6 is 23.2 Å². The summed E-state index contributed by atoms with van der Waals surface area (Å²) in [6.45, 7) is 0.0544. The molecular formula is C14H8Cl2N2O3. The molecule has 0 aliphatic rings. The molecular weight excluding hydrogens is 315 g/mol. The van der Waals surface area contributed by atoms with Gasteiger partial charge in [0.15, 0.2) is 5.75 Å². The van der Waals surface area contributed by atoms with Crippen LogP contribution in [0.25, 0.3) is 0 Å². The summed E-state index contributed by atoms with van der Waals surface area (Å²) in [5.74, 6) is -1.16. The van der Waals surface area contributed by atoms with Gasteiger partial charge >= 0.3 is 5.97 Å². The minimum absolute atomic E-state index is 0.0314. The molecule has 0 aliphatic heterocycles. The van der Waals surface area contributed by atoms with Crippen LogP contribution < -0.4 is 4.74 Å². The van der Waals surface area contributed by atoms with Crippen LogP contribution in [0.1, 0.15) is 21.6 Å². The Morgan fingerprint density at radius 2 is 2.14 bits per heavy atom. The van der Waals surface area contributed by atoms with E-state index in [1.807, 2.05) is 6.07 Å². The number of aromatic nitrogens is 1. The maximum Gasteiger partial charge on any atom is 0.339 e. The van der Waals surface area contributed by atoms with Crippen molar-refractivity contribution in [2.75, 3.05) is 0 Å². The Morgan fingerprint density at radius 3 is 2.81 bits per heavy atom. The maximum absolute atomic E-state index is 11.2. The van der Waals surface area contributed by atoms with E-state index < -0.39 is 5.97 Å². The second-order valence-electron chi connectivity index (χ2n) is 4.02. The topological polar surface area (TPSA) is 83.2 Å². The molecule has 1 N–H and O–H groups in total. The first-order valence-corrected chi connectivity index (χ1v) is 6.47. The van der Waals surface area contributed by atoms with Gasteiger partial charge in [0.05, 0.1) is 5.02 Å². The molecule has 0 aliphatic carbocycles. The molecule has 0 saturated carbocycles. The fourth-order valence-electron chi connectivity index (χ4n) is 1.65. The van der Waals surface area contributed by atoms with Gasteiger partial charge in [0.1, 0.15) is 23.9 Å². The lowest BCUT2D eigenvalue weighted by molar-refractivity contribution is 0.0691. The first kappa shape index (κ1) is 15.1. The third kappa shape index (κ3) is 3.63. The fraction of sp³-hybridized carbons (Fsp3) is 0.0714. The maximum atomic E-state index is 11.2. The summed E-state index contributed by atoms with van der Waals surface area (Å²) in [7, 11) is 0. The van der Waals surface area contributed by atoms with Crippen LogP contribution in [0.2, 0.25) is 10.0 Å². The van der Waals surface area contributed by atoms with Gasteiger partial charge in [-0.25, -0.2) is 9.78 Å². The Balaban J connectivity index is 2.27. The standard InChI is InChI=1S/C14H8Cl2N2O3/c15-9-4-11(14(19)20)13(12(16)5-9)21-7-8-1-2-18-10(3-8)6-17/h1-5H,7H2,(H,19,20). The molecule has 7 heteroatoms. The highest BCUT2D eigenvalue weighted by molar-refractivity contribution is 6.36. The predicted molar refractivity (Wildman–Crippen MR) is 76.7 cm³/mol. The second kappa shape index (κ2) is 6.44. The van der Waals surface area contributed by atoms with E-state index in [-0.39, 0.29) is 33.7 Å². The van der Waals surface area contributed by atoms with Gasteiger partial charge < -0.3 is 9.84 Å². The van der Waals surface area contributed by atoms with Crippen LogP contribution in [0.3, 0.4) is 0 Å². The number of carbonyl (C=O) groups is 1. The molecule has 21 heavy (non-hydrogen) atoms. The van der Waals surface area contributed by atoms with Crippen molar-refractivity contribution < 1.29 is 14.6 Å². The lowest BCUT2D eigenvalue weighted by Gasteiger charge is -2.11. The van der Waals surface area contributed by atoms with Crippen molar-refractivity contribution in [2.24, 2.45) is 0 Å². The Morgan fingerprint density at radius 1 is 1.38 bits per heavy atom. The zero-order valence-electron chi connectivity index (χ0n) is 10.5. The average Bonchev–Trinajstić information content (AvgIpc) is 2.45. The average molecular weight is 323 g/mol. The van der Waals surface area contributed by atoms with E-state index >= 15 is 0 Å². The predicted octanol–water partition coefficient (Wildman–Crippen LogP) is 3.54. The molecule has 2 rings (SSSR count). The highest BCUT2D eigenvalue weighted by atomic mass is 35.5. The number of pyridine rings is 1. The lowest BCUT2D eigenvalue weighted by Crippen LogP contribution is -2.04. The molecule has 0 saturated heterocycles. The largest absolute Gasteiger partial charge is 0.486 e. The summed E-state index contributed by atoms with van der Waals surface area (Å²) < 4.78 is 5.46. The smallest absolute Gasteiger partial charge is 0.339 e. The number of benzene rings is 1. The van der Waals surface area contributed by atoms with Crippen molar-refractivity contribution in [3.8, 4) is 11.8 Å². The van der Waals surface area contributed by atoms with Crippen LogP contribution in [0, 0.1) is 11.3 Å². The van der Waals surface area contributed by atoms with Crippen molar-refractivity contribution in [3.05, 3.63) is 57.3 Å². The van der Waals surface area contributed by atoms with Gasteiger partial charge in [-0.2, -0.15) is 5.26 Å². The number of halogens is 2. The molecule has 0 fully saturated rings. The van der Waals surface area contributed by atoms with Crippen LogP contribution in [0.15, 0.2) is 30.5 Å². The van der Waals surface area contributed by atoms with Gasteiger partial charge in [-0.05, 0) is 29.8 Å². The van der Waals surface area contributed by atoms with E-state index in [2.05, 4.69) is 4.98 Å². The number of aromatic carboxylic acids is 1. The molecule has 0 unspecified atom stereocenters. The van der Waals surface area contributed by atoms with Crippen LogP contribution in [0.4, 0.5) is 0 Å². The zero-order valence-corrected chi connectivity index (χ0v) is 12.0. The van der Waals surface area contributed by atoms with Gasteiger partial charge in [-0.3, -0.25) is 0 Å². The molecule has 0 amide bonds. The minimum atomic E-state index is -1.19. The van der Waals surface area contributed by atoms with E-state index in [0.29, 0.717) is 5.56 Å².